The maximum absolute atomic E-state index is 11.3. The van der Waals surface area contributed by atoms with Crippen LogP contribution in [0.3, 0.4) is 0 Å². The standard InChI is InChI=1S/C16H24O4/c1-3-14(17)19-12-16(13-20-15(18)4-2)10-8-6-5-7-9-11-16/h3-4H,1-2,5-13H2. The molecule has 1 fully saturated rings. The van der Waals surface area contributed by atoms with Crippen LogP contribution in [-0.2, 0) is 19.1 Å². The average molecular weight is 280 g/mol. The van der Waals surface area contributed by atoms with Crippen LogP contribution >= 0.6 is 0 Å². The van der Waals surface area contributed by atoms with Gasteiger partial charge in [-0.3, -0.25) is 0 Å². The van der Waals surface area contributed by atoms with Crippen LogP contribution in [0.25, 0.3) is 0 Å². The van der Waals surface area contributed by atoms with E-state index in [4.69, 9.17) is 9.47 Å². The van der Waals surface area contributed by atoms with Crippen molar-refractivity contribution in [3.05, 3.63) is 25.3 Å². The Morgan fingerprint density at radius 2 is 1.25 bits per heavy atom. The Morgan fingerprint density at radius 3 is 1.65 bits per heavy atom. The van der Waals surface area contributed by atoms with Crippen molar-refractivity contribution in [3.63, 3.8) is 0 Å². The quantitative estimate of drug-likeness (QED) is 0.554. The second-order valence-corrected chi connectivity index (χ2v) is 5.39. The third kappa shape index (κ3) is 5.59. The van der Waals surface area contributed by atoms with E-state index in [1.807, 2.05) is 0 Å². The molecule has 4 heteroatoms. The van der Waals surface area contributed by atoms with Crippen LogP contribution in [0.4, 0.5) is 0 Å². The highest BCUT2D eigenvalue weighted by Gasteiger charge is 2.33. The Bertz CT molecular complexity index is 325. The predicted molar refractivity (Wildman–Crippen MR) is 77.1 cm³/mol. The van der Waals surface area contributed by atoms with Crippen LogP contribution in [0.15, 0.2) is 25.3 Å². The first-order chi connectivity index (χ1) is 9.62. The molecule has 0 heterocycles. The highest BCUT2D eigenvalue weighted by Crippen LogP contribution is 2.35. The first-order valence-electron chi connectivity index (χ1n) is 7.20. The van der Waals surface area contributed by atoms with Crippen LogP contribution < -0.4 is 0 Å². The van der Waals surface area contributed by atoms with Gasteiger partial charge in [0.1, 0.15) is 13.2 Å². The van der Waals surface area contributed by atoms with E-state index in [-0.39, 0.29) is 18.6 Å². The Labute approximate surface area is 120 Å². The van der Waals surface area contributed by atoms with Crippen LogP contribution in [0.1, 0.15) is 44.9 Å². The minimum absolute atomic E-state index is 0.266. The predicted octanol–water partition coefficient (Wildman–Crippen LogP) is 3.18. The summed E-state index contributed by atoms with van der Waals surface area (Å²) in [6, 6.07) is 0. The van der Waals surface area contributed by atoms with Crippen LogP contribution in [0.2, 0.25) is 0 Å². The van der Waals surface area contributed by atoms with Crippen LogP contribution in [-0.4, -0.2) is 25.2 Å². The molecule has 1 aliphatic rings. The lowest BCUT2D eigenvalue weighted by atomic mass is 9.77. The van der Waals surface area contributed by atoms with E-state index in [0.717, 1.165) is 37.8 Å². The van der Waals surface area contributed by atoms with Gasteiger partial charge in [0.25, 0.3) is 0 Å². The number of hydrogen-bond acceptors (Lipinski definition) is 4. The zero-order valence-corrected chi connectivity index (χ0v) is 12.1. The molecule has 112 valence electrons. The van der Waals surface area contributed by atoms with E-state index in [2.05, 4.69) is 13.2 Å². The lowest BCUT2D eigenvalue weighted by molar-refractivity contribution is -0.149. The molecule has 0 amide bonds. The zero-order chi connectivity index (χ0) is 14.8. The van der Waals surface area contributed by atoms with Crippen molar-refractivity contribution in [2.45, 2.75) is 44.9 Å². The van der Waals surface area contributed by atoms with E-state index >= 15 is 0 Å². The van der Waals surface area contributed by atoms with E-state index in [0.29, 0.717) is 0 Å². The topological polar surface area (TPSA) is 52.6 Å². The Hall–Kier alpha value is -1.58. The number of carbonyl (C=O) groups is 2. The summed E-state index contributed by atoms with van der Waals surface area (Å²) < 4.78 is 10.4. The summed E-state index contributed by atoms with van der Waals surface area (Å²) in [4.78, 5) is 22.6. The largest absolute Gasteiger partial charge is 0.462 e. The highest BCUT2D eigenvalue weighted by molar-refractivity contribution is 5.81. The molecule has 0 N–H and O–H groups in total. The van der Waals surface area contributed by atoms with Crippen molar-refractivity contribution < 1.29 is 19.1 Å². The summed E-state index contributed by atoms with van der Waals surface area (Å²) in [7, 11) is 0. The number of esters is 2. The molecule has 1 rings (SSSR count). The molecular weight excluding hydrogens is 256 g/mol. The van der Waals surface area contributed by atoms with Crippen LogP contribution in [0, 0.1) is 5.41 Å². The summed E-state index contributed by atoms with van der Waals surface area (Å²) >= 11 is 0. The van der Waals surface area contributed by atoms with Gasteiger partial charge in [0.05, 0.1) is 0 Å². The van der Waals surface area contributed by atoms with Gasteiger partial charge in [-0.05, 0) is 12.8 Å². The zero-order valence-electron chi connectivity index (χ0n) is 12.1. The number of hydrogen-bond donors (Lipinski definition) is 0. The van der Waals surface area contributed by atoms with E-state index < -0.39 is 11.9 Å². The minimum atomic E-state index is -0.429. The van der Waals surface area contributed by atoms with E-state index in [1.54, 1.807) is 0 Å². The number of ether oxygens (including phenoxy) is 2. The summed E-state index contributed by atoms with van der Waals surface area (Å²) in [5, 5.41) is 0. The van der Waals surface area contributed by atoms with Gasteiger partial charge in [0.15, 0.2) is 0 Å². The Morgan fingerprint density at radius 1 is 0.850 bits per heavy atom. The molecule has 0 unspecified atom stereocenters. The second kappa shape index (κ2) is 8.56. The maximum atomic E-state index is 11.3. The number of rotatable bonds is 6. The molecule has 0 radical (unpaired) electrons. The van der Waals surface area contributed by atoms with Gasteiger partial charge in [-0.1, -0.05) is 45.3 Å². The van der Waals surface area contributed by atoms with E-state index in [9.17, 15) is 9.59 Å². The van der Waals surface area contributed by atoms with Crippen molar-refractivity contribution in [1.82, 2.24) is 0 Å². The first kappa shape index (κ1) is 16.5. The normalized spacial score (nSPS) is 18.2. The Kier molecular flexibility index (Phi) is 7.05. The molecule has 1 saturated carbocycles. The number of carbonyl (C=O) groups excluding carboxylic acids is 2. The Balaban J connectivity index is 2.67. The second-order valence-electron chi connectivity index (χ2n) is 5.39. The van der Waals surface area contributed by atoms with Gasteiger partial charge in [-0.15, -0.1) is 0 Å². The molecule has 0 atom stereocenters. The molecule has 0 aromatic carbocycles. The fraction of sp³-hybridized carbons (Fsp3) is 0.625. The highest BCUT2D eigenvalue weighted by atomic mass is 16.5. The van der Waals surface area contributed by atoms with Gasteiger partial charge in [0, 0.05) is 17.6 Å². The van der Waals surface area contributed by atoms with Crippen molar-refractivity contribution in [2.75, 3.05) is 13.2 Å². The van der Waals surface area contributed by atoms with Crippen molar-refractivity contribution in [3.8, 4) is 0 Å². The molecule has 1 aliphatic carbocycles. The average Bonchev–Trinajstić information content (AvgIpc) is 2.45. The summed E-state index contributed by atoms with van der Waals surface area (Å²) in [6.07, 6.45) is 9.85. The molecule has 20 heavy (non-hydrogen) atoms. The molecule has 0 saturated heterocycles. The lowest BCUT2D eigenvalue weighted by Crippen LogP contribution is -2.35. The van der Waals surface area contributed by atoms with Gasteiger partial charge >= 0.3 is 11.9 Å². The summed E-state index contributed by atoms with van der Waals surface area (Å²) in [5.74, 6) is -0.858. The maximum Gasteiger partial charge on any atom is 0.330 e. The third-order valence-electron chi connectivity index (χ3n) is 3.79. The SMILES string of the molecule is C=CC(=O)OCC1(COC(=O)C=C)CCCCCCC1. The smallest absolute Gasteiger partial charge is 0.330 e. The van der Waals surface area contributed by atoms with E-state index in [1.165, 1.54) is 19.3 Å². The summed E-state index contributed by atoms with van der Waals surface area (Å²) in [5.41, 5.74) is -0.266. The lowest BCUT2D eigenvalue weighted by Gasteiger charge is -2.34. The molecular formula is C16H24O4. The van der Waals surface area contributed by atoms with Crippen LogP contribution in [0.5, 0.6) is 0 Å². The minimum Gasteiger partial charge on any atom is -0.462 e. The molecule has 0 aromatic rings. The molecule has 4 nitrogen and oxygen atoms in total. The van der Waals surface area contributed by atoms with Gasteiger partial charge in [-0.2, -0.15) is 0 Å². The van der Waals surface area contributed by atoms with Gasteiger partial charge in [-0.25, -0.2) is 9.59 Å². The van der Waals surface area contributed by atoms with Crippen molar-refractivity contribution >= 4 is 11.9 Å². The van der Waals surface area contributed by atoms with Crippen molar-refractivity contribution in [2.24, 2.45) is 5.41 Å². The van der Waals surface area contributed by atoms with Crippen molar-refractivity contribution in [1.29, 1.82) is 0 Å². The molecule has 0 aromatic heterocycles. The third-order valence-corrected chi connectivity index (χ3v) is 3.79. The fourth-order valence-corrected chi connectivity index (χ4v) is 2.55. The molecule has 0 bridgehead atoms. The summed E-state index contributed by atoms with van der Waals surface area (Å²) in [6.45, 7) is 7.35. The fourth-order valence-electron chi connectivity index (χ4n) is 2.55. The molecule has 0 spiro atoms. The first-order valence-corrected chi connectivity index (χ1v) is 7.20. The van der Waals surface area contributed by atoms with Gasteiger partial charge in [0.2, 0.25) is 0 Å². The monoisotopic (exact) mass is 280 g/mol. The molecule has 0 aliphatic heterocycles. The van der Waals surface area contributed by atoms with Gasteiger partial charge < -0.3 is 9.47 Å².